The lowest BCUT2D eigenvalue weighted by atomic mass is 9.91. The molecule has 0 saturated heterocycles. The van der Waals surface area contributed by atoms with Gasteiger partial charge >= 0.3 is 0 Å². The third kappa shape index (κ3) is 4.58. The van der Waals surface area contributed by atoms with E-state index in [4.69, 9.17) is 5.73 Å². The summed E-state index contributed by atoms with van der Waals surface area (Å²) < 4.78 is 23.9. The predicted octanol–water partition coefficient (Wildman–Crippen LogP) is 2.07. The van der Waals surface area contributed by atoms with Gasteiger partial charge in [-0.15, -0.1) is 0 Å². The van der Waals surface area contributed by atoms with Crippen molar-refractivity contribution in [2.75, 3.05) is 12.3 Å². The van der Waals surface area contributed by atoms with Crippen molar-refractivity contribution in [3.63, 3.8) is 0 Å². The zero-order valence-corrected chi connectivity index (χ0v) is 13.1. The number of nitrogens with two attached hydrogens (primary N) is 1. The number of hydrogen-bond donors (Lipinski definition) is 2. The summed E-state index contributed by atoms with van der Waals surface area (Å²) >= 11 is 0. The molecule has 0 saturated carbocycles. The van der Waals surface area contributed by atoms with E-state index < -0.39 is 15.9 Å². The molecule has 0 bridgehead atoms. The summed E-state index contributed by atoms with van der Waals surface area (Å²) in [7, 11) is -3.16. The van der Waals surface area contributed by atoms with Gasteiger partial charge in [0, 0.05) is 6.54 Å². The molecule has 20 heavy (non-hydrogen) atoms. The highest BCUT2D eigenvalue weighted by Gasteiger charge is 2.16. The molecule has 0 aliphatic heterocycles. The molecule has 5 heteroatoms. The van der Waals surface area contributed by atoms with Crippen LogP contribution in [-0.4, -0.2) is 31.9 Å². The molecule has 0 amide bonds. The quantitative estimate of drug-likeness (QED) is 0.770. The number of aliphatic hydroxyl groups excluding tert-OH is 1. The molecule has 0 radical (unpaired) electrons. The van der Waals surface area contributed by atoms with Crippen LogP contribution < -0.4 is 5.73 Å². The lowest BCUT2D eigenvalue weighted by Gasteiger charge is -2.18. The third-order valence-electron chi connectivity index (χ3n) is 3.50. The monoisotopic (exact) mass is 299 g/mol. The normalized spacial score (nSPS) is 15.0. The predicted molar refractivity (Wildman–Crippen MR) is 81.5 cm³/mol. The van der Waals surface area contributed by atoms with Gasteiger partial charge in [0.2, 0.25) is 0 Å². The summed E-state index contributed by atoms with van der Waals surface area (Å²) in [6.45, 7) is 4.16. The Morgan fingerprint density at radius 1 is 1.20 bits per heavy atom. The lowest BCUT2D eigenvalue weighted by Crippen LogP contribution is -2.22. The molecule has 1 rings (SSSR count). The maximum atomic E-state index is 12.0. The second kappa shape index (κ2) is 7.76. The number of sulfone groups is 1. The van der Waals surface area contributed by atoms with Gasteiger partial charge in [-0.25, -0.2) is 8.42 Å². The van der Waals surface area contributed by atoms with E-state index in [2.05, 4.69) is 6.92 Å². The molecule has 2 atom stereocenters. The molecule has 4 nitrogen and oxygen atoms in total. The highest BCUT2D eigenvalue weighted by molar-refractivity contribution is 7.91. The first-order valence-corrected chi connectivity index (χ1v) is 8.80. The van der Waals surface area contributed by atoms with Crippen LogP contribution >= 0.6 is 0 Å². The second-order valence-electron chi connectivity index (χ2n) is 5.12. The maximum absolute atomic E-state index is 12.0. The lowest BCUT2D eigenvalue weighted by molar-refractivity contribution is 0.162. The van der Waals surface area contributed by atoms with E-state index in [1.807, 2.05) is 19.1 Å². The minimum absolute atomic E-state index is 0.176. The average molecular weight is 299 g/mol. The van der Waals surface area contributed by atoms with Crippen LogP contribution in [0.4, 0.5) is 0 Å². The Labute approximate surface area is 121 Å². The van der Waals surface area contributed by atoms with E-state index in [1.54, 1.807) is 12.1 Å². The summed E-state index contributed by atoms with van der Waals surface area (Å²) in [5.74, 6) is 0.381. The third-order valence-corrected chi connectivity index (χ3v) is 5.44. The fourth-order valence-electron chi connectivity index (χ4n) is 2.30. The van der Waals surface area contributed by atoms with Crippen molar-refractivity contribution in [2.24, 2.45) is 5.73 Å². The summed E-state index contributed by atoms with van der Waals surface area (Å²) in [6.07, 6.45) is 1.60. The molecule has 3 N–H and O–H groups in total. The van der Waals surface area contributed by atoms with Gasteiger partial charge in [-0.1, -0.05) is 26.0 Å². The minimum atomic E-state index is -3.16. The van der Waals surface area contributed by atoms with Crippen LogP contribution in [0.25, 0.3) is 0 Å². The van der Waals surface area contributed by atoms with Gasteiger partial charge in [-0.2, -0.15) is 0 Å². The molecule has 1 aromatic rings. The summed E-state index contributed by atoms with van der Waals surface area (Å²) in [5.41, 5.74) is 6.49. The smallest absolute Gasteiger partial charge is 0.178 e. The van der Waals surface area contributed by atoms with Gasteiger partial charge in [-0.05, 0) is 42.9 Å². The summed E-state index contributed by atoms with van der Waals surface area (Å²) in [4.78, 5) is 0.373. The van der Waals surface area contributed by atoms with Crippen LogP contribution in [0.2, 0.25) is 0 Å². The molecular weight excluding hydrogens is 274 g/mol. The fourth-order valence-corrected chi connectivity index (χ4v) is 3.62. The largest absolute Gasteiger partial charge is 0.392 e. The molecular formula is C15H25NO3S. The van der Waals surface area contributed by atoms with Crippen LogP contribution in [0.3, 0.4) is 0 Å². The van der Waals surface area contributed by atoms with Gasteiger partial charge in [0.05, 0.1) is 16.8 Å². The van der Waals surface area contributed by atoms with Crippen molar-refractivity contribution in [1.29, 1.82) is 0 Å². The molecule has 0 heterocycles. The van der Waals surface area contributed by atoms with Gasteiger partial charge in [0.15, 0.2) is 9.84 Å². The summed E-state index contributed by atoms with van der Waals surface area (Å²) in [5, 5.41) is 9.65. The first kappa shape index (κ1) is 17.1. The van der Waals surface area contributed by atoms with E-state index in [0.717, 1.165) is 12.0 Å². The van der Waals surface area contributed by atoms with Crippen molar-refractivity contribution in [2.45, 2.75) is 50.0 Å². The minimum Gasteiger partial charge on any atom is -0.392 e. The summed E-state index contributed by atoms with van der Waals surface area (Å²) in [6, 6.07) is 7.02. The van der Waals surface area contributed by atoms with Crippen LogP contribution in [0, 0.1) is 0 Å². The first-order valence-electron chi connectivity index (χ1n) is 7.15. The van der Waals surface area contributed by atoms with Crippen LogP contribution in [0.1, 0.15) is 44.6 Å². The Balaban J connectivity index is 2.89. The van der Waals surface area contributed by atoms with Crippen molar-refractivity contribution in [1.82, 2.24) is 0 Å². The van der Waals surface area contributed by atoms with Crippen molar-refractivity contribution in [3.8, 4) is 0 Å². The molecule has 0 fully saturated rings. The van der Waals surface area contributed by atoms with Crippen molar-refractivity contribution in [3.05, 3.63) is 29.8 Å². The highest BCUT2D eigenvalue weighted by Crippen LogP contribution is 2.26. The maximum Gasteiger partial charge on any atom is 0.178 e. The fraction of sp³-hybridized carbons (Fsp3) is 0.600. The van der Waals surface area contributed by atoms with E-state index in [0.29, 0.717) is 17.7 Å². The van der Waals surface area contributed by atoms with Crippen molar-refractivity contribution < 1.29 is 13.5 Å². The van der Waals surface area contributed by atoms with Crippen LogP contribution in [0.5, 0.6) is 0 Å². The Morgan fingerprint density at radius 3 is 2.25 bits per heavy atom. The molecule has 1 aromatic carbocycles. The van der Waals surface area contributed by atoms with Crippen molar-refractivity contribution >= 4 is 9.84 Å². The Bertz CT molecular complexity index is 496. The topological polar surface area (TPSA) is 80.4 Å². The standard InChI is InChI=1S/C15H25NO3S/c1-3-9-20(18,19)15-7-5-13(6-8-15)12(4-2)10-14(17)11-16/h5-8,12,14,17H,3-4,9-11,16H2,1-2H3. The molecule has 2 unspecified atom stereocenters. The molecule has 0 aliphatic rings. The Kier molecular flexibility index (Phi) is 6.65. The highest BCUT2D eigenvalue weighted by atomic mass is 32.2. The first-order chi connectivity index (χ1) is 9.44. The number of benzene rings is 1. The van der Waals surface area contributed by atoms with Crippen LogP contribution in [0.15, 0.2) is 29.2 Å². The van der Waals surface area contributed by atoms with E-state index in [1.165, 1.54) is 0 Å². The molecule has 114 valence electrons. The van der Waals surface area contributed by atoms with E-state index in [9.17, 15) is 13.5 Å². The zero-order chi connectivity index (χ0) is 15.2. The van der Waals surface area contributed by atoms with Gasteiger partial charge < -0.3 is 10.8 Å². The number of hydrogen-bond acceptors (Lipinski definition) is 4. The number of rotatable bonds is 8. The van der Waals surface area contributed by atoms with Gasteiger partial charge in [0.1, 0.15) is 0 Å². The average Bonchev–Trinajstić information content (AvgIpc) is 2.44. The second-order valence-corrected chi connectivity index (χ2v) is 7.23. The van der Waals surface area contributed by atoms with E-state index in [-0.39, 0.29) is 18.2 Å². The van der Waals surface area contributed by atoms with Crippen LogP contribution in [-0.2, 0) is 9.84 Å². The molecule has 0 spiro atoms. The van der Waals surface area contributed by atoms with Gasteiger partial charge in [0.25, 0.3) is 0 Å². The Hall–Kier alpha value is -0.910. The number of aliphatic hydroxyl groups is 1. The zero-order valence-electron chi connectivity index (χ0n) is 12.2. The van der Waals surface area contributed by atoms with Gasteiger partial charge in [-0.3, -0.25) is 0 Å². The molecule has 0 aromatic heterocycles. The Morgan fingerprint density at radius 2 is 1.80 bits per heavy atom. The molecule has 0 aliphatic carbocycles. The van der Waals surface area contributed by atoms with E-state index >= 15 is 0 Å². The SMILES string of the molecule is CCCS(=O)(=O)c1ccc(C(CC)CC(O)CN)cc1.